The first-order chi connectivity index (χ1) is 11.1. The van der Waals surface area contributed by atoms with Crippen molar-refractivity contribution >= 4 is 5.91 Å². The third-order valence-electron chi connectivity index (χ3n) is 4.02. The van der Waals surface area contributed by atoms with Crippen molar-refractivity contribution in [2.24, 2.45) is 5.73 Å². The van der Waals surface area contributed by atoms with E-state index in [1.807, 2.05) is 36.1 Å². The van der Waals surface area contributed by atoms with Crippen LogP contribution in [0.2, 0.25) is 0 Å². The van der Waals surface area contributed by atoms with Gasteiger partial charge in [0, 0.05) is 31.4 Å². The van der Waals surface area contributed by atoms with Crippen molar-refractivity contribution in [3.8, 4) is 0 Å². The van der Waals surface area contributed by atoms with Gasteiger partial charge in [0.05, 0.1) is 25.5 Å². The van der Waals surface area contributed by atoms with Crippen molar-refractivity contribution in [3.63, 3.8) is 0 Å². The van der Waals surface area contributed by atoms with Gasteiger partial charge in [0.25, 0.3) is 0 Å². The Balaban J connectivity index is 1.56. The Labute approximate surface area is 135 Å². The molecule has 1 saturated heterocycles. The number of hydrogen-bond donors (Lipinski definition) is 1. The van der Waals surface area contributed by atoms with Crippen LogP contribution in [-0.4, -0.2) is 46.4 Å². The van der Waals surface area contributed by atoms with Crippen LogP contribution in [0.4, 0.5) is 0 Å². The second-order valence-electron chi connectivity index (χ2n) is 6.03. The van der Waals surface area contributed by atoms with Gasteiger partial charge in [-0.2, -0.15) is 5.10 Å². The first-order valence-electron chi connectivity index (χ1n) is 7.82. The van der Waals surface area contributed by atoms with Crippen LogP contribution in [0.25, 0.3) is 0 Å². The highest BCUT2D eigenvalue weighted by atomic mass is 16.5. The molecule has 2 N–H and O–H groups in total. The molecule has 0 bridgehead atoms. The lowest BCUT2D eigenvalue weighted by atomic mass is 10.1. The van der Waals surface area contributed by atoms with Crippen LogP contribution in [0, 0.1) is 6.92 Å². The zero-order valence-electron chi connectivity index (χ0n) is 13.3. The maximum absolute atomic E-state index is 11.1. The molecule has 0 spiro atoms. The number of nitrogens with zero attached hydrogens (tertiary/aromatic N) is 3. The monoisotopic (exact) mass is 314 g/mol. The van der Waals surface area contributed by atoms with E-state index in [-0.39, 0.29) is 6.10 Å². The molecule has 0 saturated carbocycles. The smallest absolute Gasteiger partial charge is 0.248 e. The molecule has 6 heteroatoms. The minimum absolute atomic E-state index is 0.146. The Morgan fingerprint density at radius 3 is 2.83 bits per heavy atom. The van der Waals surface area contributed by atoms with Gasteiger partial charge in [-0.1, -0.05) is 12.1 Å². The largest absolute Gasteiger partial charge is 0.374 e. The van der Waals surface area contributed by atoms with Crippen LogP contribution < -0.4 is 5.73 Å². The van der Waals surface area contributed by atoms with Crippen LogP contribution in [0.5, 0.6) is 0 Å². The average Bonchev–Trinajstić information content (AvgIpc) is 2.93. The first-order valence-corrected chi connectivity index (χ1v) is 7.82. The third-order valence-corrected chi connectivity index (χ3v) is 4.02. The minimum atomic E-state index is -0.391. The van der Waals surface area contributed by atoms with E-state index in [2.05, 4.69) is 10.00 Å². The van der Waals surface area contributed by atoms with Crippen LogP contribution in [0.3, 0.4) is 0 Å². The summed E-state index contributed by atoms with van der Waals surface area (Å²) < 4.78 is 7.78. The van der Waals surface area contributed by atoms with Gasteiger partial charge in [-0.25, -0.2) is 0 Å². The molecular formula is C17H22N4O2. The molecule has 1 amide bonds. The van der Waals surface area contributed by atoms with Gasteiger partial charge in [0.1, 0.15) is 0 Å². The maximum Gasteiger partial charge on any atom is 0.248 e. The highest BCUT2D eigenvalue weighted by Crippen LogP contribution is 2.13. The number of rotatable bonds is 5. The van der Waals surface area contributed by atoms with Gasteiger partial charge in [0.15, 0.2) is 0 Å². The number of amides is 1. The Bertz CT molecular complexity index is 665. The number of benzene rings is 1. The lowest BCUT2D eigenvalue weighted by molar-refractivity contribution is -0.0402. The van der Waals surface area contributed by atoms with Crippen molar-refractivity contribution in [2.75, 3.05) is 19.7 Å². The fraction of sp³-hybridized carbons (Fsp3) is 0.412. The molecule has 6 nitrogen and oxygen atoms in total. The SMILES string of the molecule is Cc1cnn(C[C@H]2CN(Cc3ccc(C(N)=O)cc3)CCO2)c1. The molecule has 0 radical (unpaired) electrons. The van der Waals surface area contributed by atoms with Crippen LogP contribution in [0.15, 0.2) is 36.7 Å². The molecular weight excluding hydrogens is 292 g/mol. The molecule has 1 aliphatic heterocycles. The fourth-order valence-electron chi connectivity index (χ4n) is 2.84. The summed E-state index contributed by atoms with van der Waals surface area (Å²) >= 11 is 0. The summed E-state index contributed by atoms with van der Waals surface area (Å²) in [7, 11) is 0. The summed E-state index contributed by atoms with van der Waals surface area (Å²) in [4.78, 5) is 13.5. The predicted octanol–water partition coefficient (Wildman–Crippen LogP) is 1.19. The fourth-order valence-corrected chi connectivity index (χ4v) is 2.84. The summed E-state index contributed by atoms with van der Waals surface area (Å²) in [6.45, 7) is 6.15. The predicted molar refractivity (Wildman–Crippen MR) is 86.9 cm³/mol. The topological polar surface area (TPSA) is 73.4 Å². The van der Waals surface area contributed by atoms with E-state index in [0.717, 1.165) is 38.3 Å². The van der Waals surface area contributed by atoms with E-state index in [1.54, 1.807) is 12.1 Å². The second kappa shape index (κ2) is 6.93. The Hall–Kier alpha value is -2.18. The van der Waals surface area contributed by atoms with Crippen molar-refractivity contribution in [2.45, 2.75) is 26.1 Å². The van der Waals surface area contributed by atoms with Gasteiger partial charge in [0.2, 0.25) is 5.91 Å². The van der Waals surface area contributed by atoms with E-state index in [4.69, 9.17) is 10.5 Å². The molecule has 3 rings (SSSR count). The van der Waals surface area contributed by atoms with Crippen LogP contribution in [-0.2, 0) is 17.8 Å². The van der Waals surface area contributed by atoms with Crippen molar-refractivity contribution < 1.29 is 9.53 Å². The molecule has 2 aromatic rings. The first kappa shape index (κ1) is 15.7. The van der Waals surface area contributed by atoms with Crippen LogP contribution in [0.1, 0.15) is 21.5 Å². The van der Waals surface area contributed by atoms with E-state index in [9.17, 15) is 4.79 Å². The van der Waals surface area contributed by atoms with Gasteiger partial charge >= 0.3 is 0 Å². The summed E-state index contributed by atoms with van der Waals surface area (Å²) in [5, 5.41) is 4.32. The molecule has 0 unspecified atom stereocenters. The summed E-state index contributed by atoms with van der Waals surface area (Å²) in [6.07, 6.45) is 4.04. The van der Waals surface area contributed by atoms with Gasteiger partial charge in [-0.3, -0.25) is 14.4 Å². The standard InChI is InChI=1S/C17H22N4O2/c1-13-8-19-21(9-13)12-16-11-20(6-7-23-16)10-14-2-4-15(5-3-14)17(18)22/h2-5,8-9,16H,6-7,10-12H2,1H3,(H2,18,22)/t16-/m1/s1. The van der Waals surface area contributed by atoms with E-state index in [1.165, 1.54) is 5.56 Å². The number of aryl methyl sites for hydroxylation is 1. The summed E-state index contributed by atoms with van der Waals surface area (Å²) in [5.74, 6) is -0.391. The number of nitrogens with two attached hydrogens (primary N) is 1. The molecule has 2 heterocycles. The molecule has 1 atom stereocenters. The van der Waals surface area contributed by atoms with Crippen LogP contribution >= 0.6 is 0 Å². The third kappa shape index (κ3) is 4.18. The number of ether oxygens (including phenoxy) is 1. The van der Waals surface area contributed by atoms with E-state index >= 15 is 0 Å². The number of aromatic nitrogens is 2. The van der Waals surface area contributed by atoms with E-state index in [0.29, 0.717) is 5.56 Å². The molecule has 0 aliphatic carbocycles. The highest BCUT2D eigenvalue weighted by Gasteiger charge is 2.21. The number of morpholine rings is 1. The Morgan fingerprint density at radius 2 is 2.17 bits per heavy atom. The molecule has 1 aromatic heterocycles. The van der Waals surface area contributed by atoms with E-state index < -0.39 is 5.91 Å². The average molecular weight is 314 g/mol. The van der Waals surface area contributed by atoms with Crippen molar-refractivity contribution in [1.82, 2.24) is 14.7 Å². The molecule has 1 fully saturated rings. The van der Waals surface area contributed by atoms with Crippen molar-refractivity contribution in [3.05, 3.63) is 53.3 Å². The normalized spacial score (nSPS) is 18.9. The minimum Gasteiger partial charge on any atom is -0.374 e. The zero-order valence-corrected chi connectivity index (χ0v) is 13.3. The number of hydrogen-bond acceptors (Lipinski definition) is 4. The summed E-state index contributed by atoms with van der Waals surface area (Å²) in [6, 6.07) is 7.48. The number of carbonyl (C=O) groups is 1. The molecule has 1 aliphatic rings. The zero-order chi connectivity index (χ0) is 16.2. The van der Waals surface area contributed by atoms with Gasteiger partial charge in [-0.05, 0) is 30.2 Å². The second-order valence-corrected chi connectivity index (χ2v) is 6.03. The quantitative estimate of drug-likeness (QED) is 0.900. The Morgan fingerprint density at radius 1 is 1.39 bits per heavy atom. The molecule has 23 heavy (non-hydrogen) atoms. The molecule has 122 valence electrons. The number of primary amides is 1. The lowest BCUT2D eigenvalue weighted by Crippen LogP contribution is -2.43. The lowest BCUT2D eigenvalue weighted by Gasteiger charge is -2.32. The highest BCUT2D eigenvalue weighted by molar-refractivity contribution is 5.92. The molecule has 1 aromatic carbocycles. The number of carbonyl (C=O) groups excluding carboxylic acids is 1. The van der Waals surface area contributed by atoms with Gasteiger partial charge < -0.3 is 10.5 Å². The van der Waals surface area contributed by atoms with Gasteiger partial charge in [-0.15, -0.1) is 0 Å². The Kier molecular flexibility index (Phi) is 4.73. The maximum atomic E-state index is 11.1. The van der Waals surface area contributed by atoms with Crippen molar-refractivity contribution in [1.29, 1.82) is 0 Å². The summed E-state index contributed by atoms with van der Waals surface area (Å²) in [5.41, 5.74) is 8.14.